The summed E-state index contributed by atoms with van der Waals surface area (Å²) in [5.74, 6) is 0. The average molecular weight is 1230 g/mol. The fourth-order valence-corrected chi connectivity index (χ4v) is 19.7. The van der Waals surface area contributed by atoms with Crippen molar-refractivity contribution in [3.05, 3.63) is 146 Å². The van der Waals surface area contributed by atoms with Gasteiger partial charge >= 0.3 is 52.4 Å². The van der Waals surface area contributed by atoms with Gasteiger partial charge in [-0.05, 0) is 75.0 Å². The molecule has 0 aliphatic heterocycles. The third-order valence-electron chi connectivity index (χ3n) is 13.0. The van der Waals surface area contributed by atoms with Gasteiger partial charge in [-0.2, -0.15) is 24.3 Å². The van der Waals surface area contributed by atoms with E-state index in [1.165, 1.54) is 169 Å². The molecule has 8 heteroatoms. The molecular formula is C64H88Cl2P4Zr2-2. The van der Waals surface area contributed by atoms with Crippen molar-refractivity contribution in [1.82, 2.24) is 0 Å². The largest absolute Gasteiger partial charge is 2.00 e. The molecule has 0 aliphatic carbocycles. The first-order valence-electron chi connectivity index (χ1n) is 27.0. The molecule has 8 aromatic rings. The molecule has 0 aromatic heterocycles. The average Bonchev–Trinajstić information content (AvgIpc) is 4.19. The van der Waals surface area contributed by atoms with Gasteiger partial charge in [-0.15, -0.1) is 161 Å². The predicted octanol–water partition coefficient (Wildman–Crippen LogP) is 13.5. The van der Waals surface area contributed by atoms with E-state index in [4.69, 9.17) is 0 Å². The number of hydrogen-bond acceptors (Lipinski definition) is 0. The Kier molecular flexibility index (Phi) is 39.1. The molecule has 0 nitrogen and oxygen atoms in total. The van der Waals surface area contributed by atoms with Gasteiger partial charge in [0.25, 0.3) is 0 Å². The molecule has 0 spiro atoms. The predicted molar refractivity (Wildman–Crippen MR) is 324 cm³/mol. The Balaban J connectivity index is 0.000000472. The van der Waals surface area contributed by atoms with Gasteiger partial charge in [0.2, 0.25) is 0 Å². The first-order valence-corrected chi connectivity index (χ1v) is 33.9. The summed E-state index contributed by atoms with van der Waals surface area (Å²) in [5, 5.41) is 17.8. The van der Waals surface area contributed by atoms with Gasteiger partial charge in [-0.1, -0.05) is 163 Å². The van der Waals surface area contributed by atoms with E-state index in [1.807, 2.05) is 0 Å². The van der Waals surface area contributed by atoms with Crippen molar-refractivity contribution in [2.45, 2.75) is 132 Å². The number of fused-ring (bicyclic) bond motifs is 4. The fourth-order valence-electron chi connectivity index (χ4n) is 9.22. The Morgan fingerprint density at radius 3 is 0.653 bits per heavy atom. The summed E-state index contributed by atoms with van der Waals surface area (Å²) in [6.07, 6.45) is 27.3. The molecule has 0 bridgehead atoms. The summed E-state index contributed by atoms with van der Waals surface area (Å²) in [7, 11) is 0.366. The summed E-state index contributed by atoms with van der Waals surface area (Å²) in [4.78, 5) is 0. The van der Waals surface area contributed by atoms with Gasteiger partial charge in [0.15, 0.2) is 0 Å². The van der Waals surface area contributed by atoms with Gasteiger partial charge in [-0.3, -0.25) is 0 Å². The minimum absolute atomic E-state index is 0. The van der Waals surface area contributed by atoms with Crippen LogP contribution in [-0.2, 0) is 52.4 Å². The number of halogens is 2. The summed E-state index contributed by atoms with van der Waals surface area (Å²) in [6.45, 7) is 18.4. The van der Waals surface area contributed by atoms with Crippen LogP contribution in [0.5, 0.6) is 0 Å². The van der Waals surface area contributed by atoms with E-state index < -0.39 is 0 Å². The number of benzene rings is 4. The van der Waals surface area contributed by atoms with E-state index in [0.717, 1.165) is 0 Å². The Labute approximate surface area is 495 Å². The number of hydrogen-bond donors (Lipinski definition) is 0. The molecule has 388 valence electrons. The van der Waals surface area contributed by atoms with Crippen LogP contribution in [0.4, 0.5) is 0 Å². The summed E-state index contributed by atoms with van der Waals surface area (Å²) in [5.41, 5.74) is 0. The summed E-state index contributed by atoms with van der Waals surface area (Å²) in [6, 6.07) is 54.4. The zero-order valence-corrected chi connectivity index (χ0v) is 55.5. The molecule has 8 aromatic carbocycles. The third-order valence-corrected chi connectivity index (χ3v) is 24.3. The van der Waals surface area contributed by atoms with Gasteiger partial charge in [-0.25, -0.2) is 0 Å². The second-order valence-electron chi connectivity index (χ2n) is 18.7. The maximum atomic E-state index is 2.44. The van der Waals surface area contributed by atoms with Gasteiger partial charge in [0.1, 0.15) is 0 Å². The third kappa shape index (κ3) is 22.8. The molecule has 0 atom stereocenters. The van der Waals surface area contributed by atoms with Crippen molar-refractivity contribution in [3.63, 3.8) is 0 Å². The van der Waals surface area contributed by atoms with E-state index in [-0.39, 0.29) is 109 Å². The normalized spacial score (nSPS) is 10.8. The molecule has 0 unspecified atom stereocenters. The van der Waals surface area contributed by atoms with Gasteiger partial charge in [0, 0.05) is 0 Å². The van der Waals surface area contributed by atoms with Crippen LogP contribution in [0, 0.1) is 0 Å². The fraction of sp³-hybridized carbons (Fsp3) is 0.438. The quantitative estimate of drug-likeness (QED) is 0.0418. The first-order chi connectivity index (χ1) is 33.4. The van der Waals surface area contributed by atoms with Crippen molar-refractivity contribution in [1.29, 1.82) is 0 Å². The molecule has 0 radical (unpaired) electrons. The van der Waals surface area contributed by atoms with Crippen LogP contribution in [0.25, 0.3) is 43.1 Å². The van der Waals surface area contributed by atoms with Crippen LogP contribution in [0.15, 0.2) is 146 Å². The summed E-state index contributed by atoms with van der Waals surface area (Å²) < 4.78 is 0. The molecule has 0 saturated carbocycles. The standard InChI is InChI=1S/2C17H24P.2C15H20P.2ClH.2Zr/c2*1-3-5-11-18(12-6-4-2)17-13-15-9-7-8-10-16(15)14-17;2*1-3-9-16(10-4-2)15-11-13-7-5-6-8-14(13)12-15;;;;/h2*7-10,13-14H,3-6,11-12H2,1-2H3;2*5-8,11-12H,3-4,9-10H2,1-2H3;2*1H;;/q4*-1;;;2*+2/p-2. The van der Waals surface area contributed by atoms with Crippen LogP contribution in [-0.4, -0.2) is 49.3 Å². The Bertz CT molecular complexity index is 2220. The minimum atomic E-state index is 0. The molecular weight excluding hydrogens is 1150 g/mol. The molecule has 0 saturated heterocycles. The van der Waals surface area contributed by atoms with E-state index in [0.29, 0.717) is 0 Å². The van der Waals surface area contributed by atoms with Crippen LogP contribution in [0.3, 0.4) is 0 Å². The number of unbranched alkanes of at least 4 members (excludes halogenated alkanes) is 4. The van der Waals surface area contributed by atoms with E-state index >= 15 is 0 Å². The Morgan fingerprint density at radius 2 is 0.472 bits per heavy atom. The Hall–Kier alpha value is -0.614. The zero-order chi connectivity index (χ0) is 48.4. The van der Waals surface area contributed by atoms with Crippen LogP contribution < -0.4 is 46.0 Å². The van der Waals surface area contributed by atoms with Crippen molar-refractivity contribution < 1.29 is 77.2 Å². The van der Waals surface area contributed by atoms with Gasteiger partial charge < -0.3 is 24.8 Å². The van der Waals surface area contributed by atoms with Crippen molar-refractivity contribution in [3.8, 4) is 0 Å². The van der Waals surface area contributed by atoms with Crippen LogP contribution >= 0.6 is 31.7 Å². The molecule has 8 rings (SSSR count). The number of rotatable bonds is 24. The maximum Gasteiger partial charge on any atom is 2.00 e. The van der Waals surface area contributed by atoms with E-state index in [2.05, 4.69) is 201 Å². The zero-order valence-electron chi connectivity index (χ0n) is 45.5. The second-order valence-corrected chi connectivity index (χ2v) is 28.7. The molecule has 72 heavy (non-hydrogen) atoms. The monoisotopic (exact) mass is 1230 g/mol. The Morgan fingerprint density at radius 1 is 0.278 bits per heavy atom. The molecule has 0 fully saturated rings. The molecule has 0 aliphatic rings. The second kappa shape index (κ2) is 40.6. The van der Waals surface area contributed by atoms with Gasteiger partial charge in [0.05, 0.1) is 0 Å². The smallest absolute Gasteiger partial charge is 1.00 e. The molecule has 0 amide bonds. The van der Waals surface area contributed by atoms with Crippen molar-refractivity contribution >= 4 is 96.0 Å². The molecule has 0 N–H and O–H groups in total. The first kappa shape index (κ1) is 69.4. The van der Waals surface area contributed by atoms with Crippen molar-refractivity contribution in [2.75, 3.05) is 49.3 Å². The SMILES string of the molecule is CCCCP(CCCC)c1cc2ccccc2[cH-]1.CCCCP(CCCC)c1cc2ccccc2[cH-]1.CCCP(CCC)c1cc2ccccc2[cH-]1.CCCP(CCC)c1cc2ccccc2[cH-]1.[Cl-].[Cl-].[Zr+2].[Zr+2]. The van der Waals surface area contributed by atoms with Crippen molar-refractivity contribution in [2.24, 2.45) is 0 Å². The maximum absolute atomic E-state index is 2.44. The topological polar surface area (TPSA) is 0 Å². The molecule has 0 heterocycles. The summed E-state index contributed by atoms with van der Waals surface area (Å²) >= 11 is 0. The minimum Gasteiger partial charge on any atom is -1.00 e. The van der Waals surface area contributed by atoms with E-state index in [1.54, 1.807) is 21.2 Å². The van der Waals surface area contributed by atoms with Crippen LogP contribution in [0.1, 0.15) is 132 Å². The van der Waals surface area contributed by atoms with E-state index in [9.17, 15) is 0 Å². The van der Waals surface area contributed by atoms with Crippen LogP contribution in [0.2, 0.25) is 0 Å².